The van der Waals surface area contributed by atoms with E-state index in [2.05, 4.69) is 15.9 Å². The molecule has 17 nitrogen and oxygen atoms in total. The molecule has 0 N–H and O–H groups in total. The number of alkyl halides is 1. The van der Waals surface area contributed by atoms with Crippen LogP contribution in [0.3, 0.4) is 0 Å². The summed E-state index contributed by atoms with van der Waals surface area (Å²) in [6.07, 6.45) is -3.27. The Morgan fingerprint density at radius 2 is 1.05 bits per heavy atom. The second-order valence-electron chi connectivity index (χ2n) is 26.2. The Morgan fingerprint density at radius 3 is 1.55 bits per heavy atom. The van der Waals surface area contributed by atoms with Gasteiger partial charge < -0.3 is 47.5 Å². The van der Waals surface area contributed by atoms with Crippen molar-refractivity contribution in [2.45, 2.75) is 230 Å². The van der Waals surface area contributed by atoms with Gasteiger partial charge in [-0.2, -0.15) is 0 Å². The third-order valence-electron chi connectivity index (χ3n) is 15.9. The molecule has 85 heavy (non-hydrogen) atoms. The van der Waals surface area contributed by atoms with E-state index in [1.165, 1.54) is 0 Å². The zero-order chi connectivity index (χ0) is 60.5. The molecule has 3 aliphatic heterocycles. The van der Waals surface area contributed by atoms with Crippen molar-refractivity contribution in [2.75, 3.05) is 18.5 Å². The molecule has 4 aromatic carbocycles. The van der Waals surface area contributed by atoms with Gasteiger partial charge in [0, 0.05) is 51.0 Å². The number of halogens is 1. The SMILES string of the molecule is CC(C)(C)OC(=O)N(Cc1ccccc1)[C@H]1[C@@H](O[C@H]2[C@@H]3OC4(CCCCC4)O[C@H]3[C@H](N(Cc3ccccc3)C(=O)OC(C)(C)C)C[C@@H]2N(Cc2ccccc2)C(=O)OC(C)(C)C)O[C@@H]2CN(Cc3ccccc3)C(=O)O[C@H]2[C@@H]1OCCCCCBr. The minimum absolute atomic E-state index is 0.0197. The summed E-state index contributed by atoms with van der Waals surface area (Å²) in [6.45, 7) is 17.3. The minimum atomic E-state index is -1.37. The van der Waals surface area contributed by atoms with E-state index in [1.54, 1.807) is 19.6 Å². The summed E-state index contributed by atoms with van der Waals surface area (Å²) >= 11 is 3.59. The van der Waals surface area contributed by atoms with Gasteiger partial charge in [-0.15, -0.1) is 0 Å². The minimum Gasteiger partial charge on any atom is -0.444 e. The summed E-state index contributed by atoms with van der Waals surface area (Å²) in [7, 11) is 0. The summed E-state index contributed by atoms with van der Waals surface area (Å²) in [4.78, 5) is 67.2. The van der Waals surface area contributed by atoms with Gasteiger partial charge in [-0.05, 0) is 117 Å². The van der Waals surface area contributed by atoms with E-state index in [-0.39, 0.29) is 45.8 Å². The highest BCUT2D eigenvalue weighted by Gasteiger charge is 2.64. The number of fused-ring (bicyclic) bond motifs is 2. The first-order chi connectivity index (χ1) is 40.6. The fourth-order valence-electron chi connectivity index (χ4n) is 12.2. The van der Waals surface area contributed by atoms with Crippen molar-refractivity contribution in [3.05, 3.63) is 144 Å². The number of nitrogens with zero attached hydrogens (tertiary/aromatic N) is 4. The van der Waals surface area contributed by atoms with Crippen LogP contribution in [0.1, 0.15) is 142 Å². The summed E-state index contributed by atoms with van der Waals surface area (Å²) in [5.74, 6) is -1.07. The van der Waals surface area contributed by atoms with Gasteiger partial charge in [-0.1, -0.05) is 150 Å². The van der Waals surface area contributed by atoms with Crippen LogP contribution in [0, 0.1) is 0 Å². The van der Waals surface area contributed by atoms with Gasteiger partial charge in [0.25, 0.3) is 0 Å². The first-order valence-electron chi connectivity index (χ1n) is 30.5. The summed E-state index contributed by atoms with van der Waals surface area (Å²) < 4.78 is 63.0. The van der Waals surface area contributed by atoms with E-state index in [0.717, 1.165) is 59.7 Å². The lowest BCUT2D eigenvalue weighted by molar-refractivity contribution is -0.320. The highest BCUT2D eigenvalue weighted by atomic mass is 79.9. The van der Waals surface area contributed by atoms with Crippen LogP contribution in [0.2, 0.25) is 0 Å². The van der Waals surface area contributed by atoms with Crippen LogP contribution in [0.15, 0.2) is 121 Å². The lowest BCUT2D eigenvalue weighted by Crippen LogP contribution is -2.72. The molecular formula is C67H89BrN4O13. The van der Waals surface area contributed by atoms with Gasteiger partial charge in [0.2, 0.25) is 0 Å². The van der Waals surface area contributed by atoms with Crippen LogP contribution in [-0.2, 0) is 68.8 Å². The predicted molar refractivity (Wildman–Crippen MR) is 324 cm³/mol. The maximum atomic E-state index is 15.5. The standard InChI is InChI=1S/C67H89BrN4O13/c1-64(2,3)83-61(74)70(42-47-30-18-11-19-31-47)50-40-51(71(62(75)84-65(4,5)6)43-48-32-20-12-21-33-48)55-58(82-67(81-55)36-24-14-25-37-67)54(50)79-59-53(72(63(76)85-66(7,8)9)44-49-34-22-13-23-35-49)57(77-39-27-15-26-38-68)56-52(78-59)45-69(60(73)80-56)41-46-28-16-10-17-29-46/h10-13,16-23,28-35,50-59H,14-15,24-27,36-45H2,1-9H3/t50-,51+,52+,53+,54+,55-,56+,57+,58-,59+/m0/s1. The fourth-order valence-corrected chi connectivity index (χ4v) is 12.6. The van der Waals surface area contributed by atoms with Crippen LogP contribution in [-0.4, -0.2) is 146 Å². The zero-order valence-corrected chi connectivity index (χ0v) is 52.7. The van der Waals surface area contributed by atoms with E-state index in [4.69, 9.17) is 42.6 Å². The normalized spacial score (nSPS) is 25.7. The Kier molecular flexibility index (Phi) is 21.0. The molecule has 2 saturated carbocycles. The molecule has 1 spiro atoms. The number of hydrogen-bond acceptors (Lipinski definition) is 13. The number of rotatable bonds is 19. The largest absolute Gasteiger partial charge is 0.444 e. The number of carbonyl (C=O) groups excluding carboxylic acids is 4. The van der Waals surface area contributed by atoms with Gasteiger partial charge in [0.1, 0.15) is 53.4 Å². The number of amides is 4. The number of benzene rings is 4. The number of ether oxygens (including phenoxy) is 9. The average molecular weight is 1240 g/mol. The lowest BCUT2D eigenvalue weighted by Gasteiger charge is -2.54. The molecular weight excluding hydrogens is 1150 g/mol. The molecule has 9 rings (SSSR count). The van der Waals surface area contributed by atoms with Crippen molar-refractivity contribution in [1.82, 2.24) is 19.6 Å². The van der Waals surface area contributed by atoms with Crippen LogP contribution in [0.25, 0.3) is 0 Å². The van der Waals surface area contributed by atoms with E-state index in [9.17, 15) is 4.79 Å². The van der Waals surface area contributed by atoms with E-state index >= 15 is 14.4 Å². The number of hydrogen-bond donors (Lipinski definition) is 0. The molecule has 0 unspecified atom stereocenters. The first kappa shape index (κ1) is 63.7. The van der Waals surface area contributed by atoms with Crippen molar-refractivity contribution in [3.63, 3.8) is 0 Å². The van der Waals surface area contributed by atoms with Crippen LogP contribution in [0.4, 0.5) is 19.2 Å². The Balaban J connectivity index is 1.24. The first-order valence-corrected chi connectivity index (χ1v) is 31.6. The molecule has 3 heterocycles. The molecule has 5 fully saturated rings. The van der Waals surface area contributed by atoms with Crippen molar-refractivity contribution >= 4 is 40.3 Å². The van der Waals surface area contributed by atoms with Crippen LogP contribution >= 0.6 is 15.9 Å². The van der Waals surface area contributed by atoms with Crippen molar-refractivity contribution < 1.29 is 61.8 Å². The van der Waals surface area contributed by atoms with Gasteiger partial charge in [-0.3, -0.25) is 14.7 Å². The molecule has 462 valence electrons. The molecule has 5 aliphatic rings. The van der Waals surface area contributed by atoms with Crippen molar-refractivity contribution in [2.24, 2.45) is 0 Å². The molecule has 2 aliphatic carbocycles. The number of unbranched alkanes of at least 4 members (excludes halogenated alkanes) is 2. The zero-order valence-electron chi connectivity index (χ0n) is 51.1. The van der Waals surface area contributed by atoms with E-state index in [0.29, 0.717) is 19.3 Å². The summed E-state index contributed by atoms with van der Waals surface area (Å²) in [6, 6.07) is 35.8. The van der Waals surface area contributed by atoms with Crippen molar-refractivity contribution in [3.8, 4) is 0 Å². The quantitative estimate of drug-likeness (QED) is 0.0495. The third-order valence-corrected chi connectivity index (χ3v) is 16.5. The highest BCUT2D eigenvalue weighted by molar-refractivity contribution is 9.09. The molecule has 3 saturated heterocycles. The van der Waals surface area contributed by atoms with Crippen molar-refractivity contribution in [1.29, 1.82) is 0 Å². The maximum absolute atomic E-state index is 15.5. The van der Waals surface area contributed by atoms with Gasteiger partial charge in [0.05, 0.1) is 18.6 Å². The Hall–Kier alpha value is -5.76. The van der Waals surface area contributed by atoms with Crippen LogP contribution in [0.5, 0.6) is 0 Å². The monoisotopic (exact) mass is 1240 g/mol. The Morgan fingerprint density at radius 1 is 0.576 bits per heavy atom. The molecule has 18 heteroatoms. The maximum Gasteiger partial charge on any atom is 0.411 e. The smallest absolute Gasteiger partial charge is 0.411 e. The predicted octanol–water partition coefficient (Wildman–Crippen LogP) is 13.3. The molecule has 10 atom stereocenters. The summed E-state index contributed by atoms with van der Waals surface area (Å²) in [5, 5.41) is 0.816. The molecule has 0 bridgehead atoms. The fraction of sp³-hybridized carbons (Fsp3) is 0.582. The van der Waals surface area contributed by atoms with Gasteiger partial charge in [0.15, 0.2) is 18.2 Å². The second kappa shape index (κ2) is 27.9. The summed E-state index contributed by atoms with van der Waals surface area (Å²) in [5.41, 5.74) is 0.593. The Labute approximate surface area is 511 Å². The van der Waals surface area contributed by atoms with Gasteiger partial charge in [-0.25, -0.2) is 19.2 Å². The lowest BCUT2D eigenvalue weighted by atomic mass is 9.81. The third kappa shape index (κ3) is 16.9. The Bertz CT molecular complexity index is 2790. The topological polar surface area (TPSA) is 164 Å². The molecule has 0 radical (unpaired) electrons. The van der Waals surface area contributed by atoms with Gasteiger partial charge >= 0.3 is 24.4 Å². The van der Waals surface area contributed by atoms with E-state index in [1.807, 2.05) is 184 Å². The average Bonchev–Trinajstić information content (AvgIpc) is 2.75. The van der Waals surface area contributed by atoms with E-state index < -0.39 is 108 Å². The number of carbonyl (C=O) groups is 4. The molecule has 0 aromatic heterocycles. The second-order valence-corrected chi connectivity index (χ2v) is 27.0. The molecule has 4 amide bonds. The highest BCUT2D eigenvalue weighted by Crippen LogP contribution is 2.49. The molecule has 4 aromatic rings. The van der Waals surface area contributed by atoms with Crippen LogP contribution < -0.4 is 0 Å².